The average molecular weight is 211 g/mol. The van der Waals surface area contributed by atoms with E-state index in [-0.39, 0.29) is 0 Å². The van der Waals surface area contributed by atoms with Crippen LogP contribution in [-0.4, -0.2) is 55.1 Å². The third-order valence-electron chi connectivity index (χ3n) is 4.00. The molecule has 2 heterocycles. The van der Waals surface area contributed by atoms with Gasteiger partial charge in [0.25, 0.3) is 0 Å². The quantitative estimate of drug-likeness (QED) is 0.745. The fourth-order valence-corrected chi connectivity index (χ4v) is 2.89. The highest BCUT2D eigenvalue weighted by Gasteiger charge is 2.27. The topological polar surface area (TPSA) is 32.5 Å². The smallest absolute Gasteiger partial charge is 0.0190 e. The van der Waals surface area contributed by atoms with E-state index >= 15 is 0 Å². The number of hydrogen-bond acceptors (Lipinski definition) is 3. The standard InChI is InChI=1S/C12H25N3/c1-11(8-13)15-7-4-12(10-15)9-14-5-2-3-6-14/h11-12H,2-10,13H2,1H3. The molecule has 0 aromatic rings. The molecule has 0 bridgehead atoms. The van der Waals surface area contributed by atoms with Crippen LogP contribution < -0.4 is 5.73 Å². The van der Waals surface area contributed by atoms with Crippen molar-refractivity contribution in [3.8, 4) is 0 Å². The molecule has 0 aliphatic carbocycles. The largest absolute Gasteiger partial charge is 0.329 e. The van der Waals surface area contributed by atoms with Crippen molar-refractivity contribution in [2.24, 2.45) is 11.7 Å². The van der Waals surface area contributed by atoms with Gasteiger partial charge in [-0.15, -0.1) is 0 Å². The van der Waals surface area contributed by atoms with E-state index in [1.807, 2.05) is 0 Å². The van der Waals surface area contributed by atoms with E-state index in [0.717, 1.165) is 12.5 Å². The third-order valence-corrected chi connectivity index (χ3v) is 4.00. The van der Waals surface area contributed by atoms with Gasteiger partial charge in [0.15, 0.2) is 0 Å². The number of likely N-dealkylation sites (tertiary alicyclic amines) is 2. The van der Waals surface area contributed by atoms with Crippen LogP contribution in [0.4, 0.5) is 0 Å². The van der Waals surface area contributed by atoms with Crippen LogP contribution in [0.25, 0.3) is 0 Å². The summed E-state index contributed by atoms with van der Waals surface area (Å²) in [5.41, 5.74) is 5.71. The normalized spacial score (nSPS) is 31.2. The molecule has 2 rings (SSSR count). The molecule has 0 radical (unpaired) electrons. The maximum atomic E-state index is 5.71. The van der Waals surface area contributed by atoms with E-state index in [1.165, 1.54) is 52.0 Å². The van der Waals surface area contributed by atoms with Crippen LogP contribution in [-0.2, 0) is 0 Å². The maximum Gasteiger partial charge on any atom is 0.0190 e. The predicted molar refractivity (Wildman–Crippen MR) is 63.9 cm³/mol. The van der Waals surface area contributed by atoms with E-state index in [0.29, 0.717) is 6.04 Å². The first kappa shape index (κ1) is 11.4. The lowest BCUT2D eigenvalue weighted by Crippen LogP contribution is -2.37. The summed E-state index contributed by atoms with van der Waals surface area (Å²) in [6.07, 6.45) is 4.20. The minimum absolute atomic E-state index is 0.577. The van der Waals surface area contributed by atoms with E-state index in [2.05, 4.69) is 16.7 Å². The molecule has 2 unspecified atom stereocenters. The Hall–Kier alpha value is -0.120. The van der Waals surface area contributed by atoms with Gasteiger partial charge in [0.1, 0.15) is 0 Å². The summed E-state index contributed by atoms with van der Waals surface area (Å²) in [7, 11) is 0. The zero-order chi connectivity index (χ0) is 10.7. The van der Waals surface area contributed by atoms with Crippen LogP contribution in [0.5, 0.6) is 0 Å². The van der Waals surface area contributed by atoms with Crippen LogP contribution in [0.3, 0.4) is 0 Å². The second kappa shape index (κ2) is 5.28. The Bertz CT molecular complexity index is 189. The minimum atomic E-state index is 0.577. The van der Waals surface area contributed by atoms with Gasteiger partial charge in [0, 0.05) is 25.7 Å². The Morgan fingerprint density at radius 2 is 2.00 bits per heavy atom. The maximum absolute atomic E-state index is 5.71. The Morgan fingerprint density at radius 3 is 2.67 bits per heavy atom. The molecular weight excluding hydrogens is 186 g/mol. The average Bonchev–Trinajstić information content (AvgIpc) is 2.88. The van der Waals surface area contributed by atoms with Crippen molar-refractivity contribution in [3.63, 3.8) is 0 Å². The van der Waals surface area contributed by atoms with Crippen molar-refractivity contribution >= 4 is 0 Å². The first-order chi connectivity index (χ1) is 7.29. The van der Waals surface area contributed by atoms with E-state index in [1.54, 1.807) is 0 Å². The zero-order valence-corrected chi connectivity index (χ0v) is 9.99. The summed E-state index contributed by atoms with van der Waals surface area (Å²) < 4.78 is 0. The van der Waals surface area contributed by atoms with Crippen molar-refractivity contribution in [1.29, 1.82) is 0 Å². The lowest BCUT2D eigenvalue weighted by molar-refractivity contribution is 0.232. The zero-order valence-electron chi connectivity index (χ0n) is 9.99. The highest BCUT2D eigenvalue weighted by molar-refractivity contribution is 4.82. The Kier molecular flexibility index (Phi) is 4.00. The first-order valence-corrected chi connectivity index (χ1v) is 6.46. The first-order valence-electron chi connectivity index (χ1n) is 6.46. The molecule has 2 N–H and O–H groups in total. The second-order valence-corrected chi connectivity index (χ2v) is 5.24. The van der Waals surface area contributed by atoms with Crippen molar-refractivity contribution in [2.45, 2.75) is 32.2 Å². The molecule has 2 aliphatic heterocycles. The lowest BCUT2D eigenvalue weighted by Gasteiger charge is -2.24. The number of hydrogen-bond donors (Lipinski definition) is 1. The third kappa shape index (κ3) is 2.92. The van der Waals surface area contributed by atoms with E-state index < -0.39 is 0 Å². The number of rotatable bonds is 4. The van der Waals surface area contributed by atoms with Gasteiger partial charge in [-0.2, -0.15) is 0 Å². The lowest BCUT2D eigenvalue weighted by atomic mass is 10.1. The van der Waals surface area contributed by atoms with E-state index in [4.69, 9.17) is 5.73 Å². The molecule has 3 heteroatoms. The SMILES string of the molecule is CC(CN)N1CCC(CN2CCCC2)C1. The molecule has 2 atom stereocenters. The van der Waals surface area contributed by atoms with Gasteiger partial charge in [-0.1, -0.05) is 0 Å². The summed E-state index contributed by atoms with van der Waals surface area (Å²) in [5.74, 6) is 0.900. The molecule has 0 aromatic carbocycles. The molecular formula is C12H25N3. The van der Waals surface area contributed by atoms with Crippen molar-refractivity contribution < 1.29 is 0 Å². The molecule has 2 saturated heterocycles. The minimum Gasteiger partial charge on any atom is -0.329 e. The van der Waals surface area contributed by atoms with E-state index in [9.17, 15) is 0 Å². The van der Waals surface area contributed by atoms with Crippen LogP contribution in [0.1, 0.15) is 26.2 Å². The molecule has 0 spiro atoms. The molecule has 0 amide bonds. The summed E-state index contributed by atoms with van der Waals surface area (Å²) >= 11 is 0. The van der Waals surface area contributed by atoms with Gasteiger partial charge >= 0.3 is 0 Å². The van der Waals surface area contributed by atoms with Gasteiger partial charge in [0.2, 0.25) is 0 Å². The molecule has 3 nitrogen and oxygen atoms in total. The molecule has 88 valence electrons. The molecule has 0 saturated carbocycles. The highest BCUT2D eigenvalue weighted by Crippen LogP contribution is 2.21. The van der Waals surface area contributed by atoms with Gasteiger partial charge in [-0.05, 0) is 51.7 Å². The Labute approximate surface area is 93.6 Å². The second-order valence-electron chi connectivity index (χ2n) is 5.24. The van der Waals surface area contributed by atoms with Crippen LogP contribution >= 0.6 is 0 Å². The fraction of sp³-hybridized carbons (Fsp3) is 1.00. The van der Waals surface area contributed by atoms with Gasteiger partial charge in [0.05, 0.1) is 0 Å². The fourth-order valence-electron chi connectivity index (χ4n) is 2.89. The Morgan fingerprint density at radius 1 is 1.27 bits per heavy atom. The molecule has 2 aliphatic rings. The van der Waals surface area contributed by atoms with Crippen molar-refractivity contribution in [1.82, 2.24) is 9.80 Å². The van der Waals surface area contributed by atoms with Crippen LogP contribution in [0.2, 0.25) is 0 Å². The summed E-state index contributed by atoms with van der Waals surface area (Å²) in [5, 5.41) is 0. The molecule has 15 heavy (non-hydrogen) atoms. The summed E-state index contributed by atoms with van der Waals surface area (Å²) in [4.78, 5) is 5.20. The predicted octanol–water partition coefficient (Wildman–Crippen LogP) is 0.751. The Balaban J connectivity index is 1.72. The molecule has 2 fully saturated rings. The monoisotopic (exact) mass is 211 g/mol. The van der Waals surface area contributed by atoms with Crippen molar-refractivity contribution in [2.75, 3.05) is 39.3 Å². The van der Waals surface area contributed by atoms with Gasteiger partial charge in [-0.25, -0.2) is 0 Å². The van der Waals surface area contributed by atoms with Gasteiger partial charge in [-0.3, -0.25) is 4.90 Å². The number of nitrogens with zero attached hydrogens (tertiary/aromatic N) is 2. The van der Waals surface area contributed by atoms with Crippen LogP contribution in [0, 0.1) is 5.92 Å². The summed E-state index contributed by atoms with van der Waals surface area (Å²) in [6, 6.07) is 0.577. The van der Waals surface area contributed by atoms with Crippen molar-refractivity contribution in [3.05, 3.63) is 0 Å². The summed E-state index contributed by atoms with van der Waals surface area (Å²) in [6.45, 7) is 9.58. The highest BCUT2D eigenvalue weighted by atomic mass is 15.2. The van der Waals surface area contributed by atoms with Crippen LogP contribution in [0.15, 0.2) is 0 Å². The molecule has 0 aromatic heterocycles. The number of nitrogens with two attached hydrogens (primary N) is 1. The van der Waals surface area contributed by atoms with Gasteiger partial charge < -0.3 is 10.6 Å².